The van der Waals surface area contributed by atoms with Crippen LogP contribution >= 0.6 is 0 Å². The molecule has 0 bridgehead atoms. The van der Waals surface area contributed by atoms with Crippen molar-refractivity contribution in [3.63, 3.8) is 0 Å². The average molecular weight is 437 g/mol. The Labute approximate surface area is 174 Å². The first-order valence-electron chi connectivity index (χ1n) is 8.85. The number of sulfone groups is 1. The number of amides is 1. The maximum absolute atomic E-state index is 12.1. The van der Waals surface area contributed by atoms with Crippen LogP contribution in [0.3, 0.4) is 0 Å². The quantitative estimate of drug-likeness (QED) is 0.326. The molecule has 0 heterocycles. The molecule has 0 aromatic heterocycles. The van der Waals surface area contributed by atoms with E-state index >= 15 is 0 Å². The van der Waals surface area contributed by atoms with Crippen LogP contribution in [-0.4, -0.2) is 52.8 Å². The van der Waals surface area contributed by atoms with Gasteiger partial charge in [0, 0.05) is 25.4 Å². The number of nitrogens with zero attached hydrogens (tertiary/aromatic N) is 1. The highest BCUT2D eigenvalue weighted by Gasteiger charge is 2.18. The minimum absolute atomic E-state index is 0.129. The number of ether oxygens (including phenoxy) is 2. The molecule has 0 spiro atoms. The molecule has 0 aliphatic heterocycles. The van der Waals surface area contributed by atoms with Gasteiger partial charge < -0.3 is 20.1 Å². The van der Waals surface area contributed by atoms with E-state index in [1.54, 1.807) is 18.2 Å². The maximum Gasteiger partial charge on any atom is 0.293 e. The number of carbonyl (C=O) groups excluding carboxylic acids is 1. The van der Waals surface area contributed by atoms with Crippen molar-refractivity contribution < 1.29 is 27.6 Å². The van der Waals surface area contributed by atoms with Gasteiger partial charge >= 0.3 is 0 Å². The summed E-state index contributed by atoms with van der Waals surface area (Å²) in [5, 5.41) is 16.8. The molecule has 0 saturated carbocycles. The van der Waals surface area contributed by atoms with E-state index in [4.69, 9.17) is 9.47 Å². The number of nitrogens with one attached hydrogen (secondary N) is 2. The molecule has 10 nitrogen and oxygen atoms in total. The number of nitro groups is 1. The third-order valence-corrected chi connectivity index (χ3v) is 5.28. The third-order valence-electron chi connectivity index (χ3n) is 4.17. The van der Waals surface area contributed by atoms with Crippen LogP contribution in [0, 0.1) is 10.1 Å². The van der Waals surface area contributed by atoms with E-state index in [1.807, 2.05) is 0 Å². The van der Waals surface area contributed by atoms with Gasteiger partial charge in [0.15, 0.2) is 21.3 Å². The molecule has 2 aromatic rings. The summed E-state index contributed by atoms with van der Waals surface area (Å²) in [4.78, 5) is 22.6. The van der Waals surface area contributed by atoms with Crippen molar-refractivity contribution in [3.8, 4) is 11.5 Å². The molecule has 0 saturated heterocycles. The molecule has 2 N–H and O–H groups in total. The van der Waals surface area contributed by atoms with Gasteiger partial charge in [-0.25, -0.2) is 8.42 Å². The Balaban J connectivity index is 1.92. The van der Waals surface area contributed by atoms with Crippen molar-refractivity contribution in [1.82, 2.24) is 5.32 Å². The van der Waals surface area contributed by atoms with Gasteiger partial charge in [-0.15, -0.1) is 0 Å². The van der Waals surface area contributed by atoms with Crippen LogP contribution in [0.4, 0.5) is 11.4 Å². The minimum Gasteiger partial charge on any atom is -0.493 e. The first-order chi connectivity index (χ1) is 14.2. The summed E-state index contributed by atoms with van der Waals surface area (Å²) in [7, 11) is -0.524. The SMILES string of the molecule is COc1ccc(CC(=O)NCCNc2ccc(S(C)(=O)=O)cc2[N+](=O)[O-])cc1OC. The molecule has 1 amide bonds. The summed E-state index contributed by atoms with van der Waals surface area (Å²) < 4.78 is 33.5. The Hall–Kier alpha value is -3.34. The van der Waals surface area contributed by atoms with Crippen molar-refractivity contribution >= 4 is 27.1 Å². The van der Waals surface area contributed by atoms with E-state index in [0.717, 1.165) is 17.9 Å². The monoisotopic (exact) mass is 437 g/mol. The number of nitro benzene ring substituents is 1. The number of anilines is 1. The molecule has 0 unspecified atom stereocenters. The van der Waals surface area contributed by atoms with Gasteiger partial charge in [-0.3, -0.25) is 14.9 Å². The van der Waals surface area contributed by atoms with Gasteiger partial charge in [0.1, 0.15) is 5.69 Å². The fourth-order valence-corrected chi connectivity index (χ4v) is 3.32. The summed E-state index contributed by atoms with van der Waals surface area (Å²) in [5.74, 6) is 0.856. The lowest BCUT2D eigenvalue weighted by Crippen LogP contribution is -2.30. The molecule has 0 atom stereocenters. The van der Waals surface area contributed by atoms with E-state index in [9.17, 15) is 23.3 Å². The lowest BCUT2D eigenvalue weighted by Gasteiger charge is -2.11. The Morgan fingerprint density at radius 3 is 2.37 bits per heavy atom. The number of rotatable bonds is 10. The summed E-state index contributed by atoms with van der Waals surface area (Å²) >= 11 is 0. The van der Waals surface area contributed by atoms with Crippen molar-refractivity contribution in [2.24, 2.45) is 0 Å². The Morgan fingerprint density at radius 1 is 1.07 bits per heavy atom. The smallest absolute Gasteiger partial charge is 0.293 e. The molecule has 0 aliphatic carbocycles. The molecule has 162 valence electrons. The number of hydrogen-bond donors (Lipinski definition) is 2. The zero-order valence-electron chi connectivity index (χ0n) is 16.8. The highest BCUT2D eigenvalue weighted by molar-refractivity contribution is 7.90. The Bertz CT molecular complexity index is 1040. The summed E-state index contributed by atoms with van der Waals surface area (Å²) in [6.07, 6.45) is 1.11. The fourth-order valence-electron chi connectivity index (χ4n) is 2.68. The van der Waals surface area contributed by atoms with Crippen LogP contribution in [0.1, 0.15) is 5.56 Å². The maximum atomic E-state index is 12.1. The van der Waals surface area contributed by atoms with Crippen LogP contribution in [0.5, 0.6) is 11.5 Å². The van der Waals surface area contributed by atoms with Gasteiger partial charge in [-0.2, -0.15) is 0 Å². The Kier molecular flexibility index (Phi) is 7.59. The van der Waals surface area contributed by atoms with Crippen molar-refractivity contribution in [2.75, 3.05) is 38.9 Å². The third kappa shape index (κ3) is 6.08. The molecular formula is C19H23N3O7S. The summed E-state index contributed by atoms with van der Waals surface area (Å²) in [6, 6.07) is 8.81. The van der Waals surface area contributed by atoms with Crippen molar-refractivity contribution in [2.45, 2.75) is 11.3 Å². The summed E-state index contributed by atoms with van der Waals surface area (Å²) in [6.45, 7) is 0.438. The first kappa shape index (κ1) is 22.9. The van der Waals surface area contributed by atoms with Crippen molar-refractivity contribution in [1.29, 1.82) is 0 Å². The molecule has 2 rings (SSSR count). The zero-order valence-corrected chi connectivity index (χ0v) is 17.6. The number of benzene rings is 2. The molecule has 2 aromatic carbocycles. The lowest BCUT2D eigenvalue weighted by molar-refractivity contribution is -0.384. The highest BCUT2D eigenvalue weighted by Crippen LogP contribution is 2.28. The molecule has 0 aliphatic rings. The van der Waals surface area contributed by atoms with E-state index < -0.39 is 14.8 Å². The van der Waals surface area contributed by atoms with Gasteiger partial charge in [-0.05, 0) is 29.8 Å². The predicted octanol–water partition coefficient (Wildman–Crippen LogP) is 1.79. The second-order valence-corrected chi connectivity index (χ2v) is 8.37. The van der Waals surface area contributed by atoms with E-state index in [2.05, 4.69) is 10.6 Å². The van der Waals surface area contributed by atoms with Crippen LogP contribution in [0.15, 0.2) is 41.3 Å². The molecule has 0 radical (unpaired) electrons. The molecule has 30 heavy (non-hydrogen) atoms. The zero-order chi connectivity index (χ0) is 22.3. The fraction of sp³-hybridized carbons (Fsp3) is 0.316. The highest BCUT2D eigenvalue weighted by atomic mass is 32.2. The van der Waals surface area contributed by atoms with Crippen LogP contribution < -0.4 is 20.1 Å². The van der Waals surface area contributed by atoms with Gasteiger partial charge in [0.25, 0.3) is 5.69 Å². The topological polar surface area (TPSA) is 137 Å². The molecule has 11 heteroatoms. The lowest BCUT2D eigenvalue weighted by atomic mass is 10.1. The van der Waals surface area contributed by atoms with Crippen LogP contribution in [0.2, 0.25) is 0 Å². The van der Waals surface area contributed by atoms with Crippen LogP contribution in [-0.2, 0) is 21.1 Å². The second kappa shape index (κ2) is 9.92. The van der Waals surface area contributed by atoms with E-state index in [1.165, 1.54) is 26.4 Å². The number of methoxy groups -OCH3 is 2. The summed E-state index contributed by atoms with van der Waals surface area (Å²) in [5.41, 5.74) is 0.557. The number of hydrogen-bond acceptors (Lipinski definition) is 8. The second-order valence-electron chi connectivity index (χ2n) is 6.35. The minimum atomic E-state index is -3.56. The first-order valence-corrected chi connectivity index (χ1v) is 10.7. The molecule has 0 fully saturated rings. The van der Waals surface area contributed by atoms with E-state index in [0.29, 0.717) is 11.5 Å². The van der Waals surface area contributed by atoms with Crippen molar-refractivity contribution in [3.05, 3.63) is 52.1 Å². The Morgan fingerprint density at radius 2 is 1.77 bits per heavy atom. The largest absolute Gasteiger partial charge is 0.493 e. The normalized spacial score (nSPS) is 10.9. The van der Waals surface area contributed by atoms with Crippen LogP contribution in [0.25, 0.3) is 0 Å². The number of carbonyl (C=O) groups is 1. The average Bonchev–Trinajstić information content (AvgIpc) is 2.70. The van der Waals surface area contributed by atoms with Gasteiger partial charge in [-0.1, -0.05) is 6.07 Å². The van der Waals surface area contributed by atoms with E-state index in [-0.39, 0.29) is 41.7 Å². The van der Waals surface area contributed by atoms with Gasteiger partial charge in [0.2, 0.25) is 5.91 Å². The van der Waals surface area contributed by atoms with Gasteiger partial charge in [0.05, 0.1) is 30.5 Å². The standard InChI is InChI=1S/C19H23N3O7S/c1-28-17-7-4-13(10-18(17)29-2)11-19(23)21-9-8-20-15-6-5-14(30(3,26)27)12-16(15)22(24)25/h4-7,10,12,20H,8-9,11H2,1-3H3,(H,21,23). The predicted molar refractivity (Wildman–Crippen MR) is 111 cm³/mol. The molecular weight excluding hydrogens is 414 g/mol.